The van der Waals surface area contributed by atoms with E-state index in [0.717, 1.165) is 18.4 Å². The highest BCUT2D eigenvalue weighted by molar-refractivity contribution is 5.93. The van der Waals surface area contributed by atoms with Gasteiger partial charge in [-0.25, -0.2) is 4.79 Å². The van der Waals surface area contributed by atoms with Gasteiger partial charge in [-0.3, -0.25) is 4.79 Å². The van der Waals surface area contributed by atoms with Crippen LogP contribution in [0.5, 0.6) is 0 Å². The molecular formula is C22H29N3O2. The van der Waals surface area contributed by atoms with E-state index in [0.29, 0.717) is 12.2 Å². The number of rotatable bonds is 8. The van der Waals surface area contributed by atoms with Gasteiger partial charge in [0.15, 0.2) is 0 Å². The largest absolute Gasteiger partial charge is 0.354 e. The summed E-state index contributed by atoms with van der Waals surface area (Å²) >= 11 is 0. The molecule has 5 heteroatoms. The standard InChI is InChI=1S/C22H29N3O2/c1-4-17(3)20(21(26)23-14-13-18-10-6-5-7-11-18)25-22(27)24-19-12-8-9-16(2)15-19/h5-12,15,17,20H,4,13-14H2,1-3H3,(H,23,26)(H2,24,25,27). The van der Waals surface area contributed by atoms with Gasteiger partial charge in [0.2, 0.25) is 5.91 Å². The number of carbonyl (C=O) groups is 2. The fourth-order valence-corrected chi connectivity index (χ4v) is 2.82. The molecule has 0 aliphatic carbocycles. The summed E-state index contributed by atoms with van der Waals surface area (Å²) in [6.07, 6.45) is 1.55. The highest BCUT2D eigenvalue weighted by Crippen LogP contribution is 2.11. The molecule has 0 aromatic heterocycles. The molecule has 0 bridgehead atoms. The Kier molecular flexibility index (Phi) is 7.86. The number of hydrogen-bond acceptors (Lipinski definition) is 2. The Morgan fingerprint density at radius 3 is 2.44 bits per heavy atom. The van der Waals surface area contributed by atoms with Gasteiger partial charge in [0.05, 0.1) is 0 Å². The molecule has 144 valence electrons. The lowest BCUT2D eigenvalue weighted by Crippen LogP contribution is -2.51. The molecule has 0 aliphatic rings. The van der Waals surface area contributed by atoms with Gasteiger partial charge in [0, 0.05) is 12.2 Å². The van der Waals surface area contributed by atoms with Crippen LogP contribution in [0, 0.1) is 12.8 Å². The van der Waals surface area contributed by atoms with Crippen LogP contribution in [-0.4, -0.2) is 24.5 Å². The van der Waals surface area contributed by atoms with E-state index in [1.165, 1.54) is 5.56 Å². The first-order chi connectivity index (χ1) is 13.0. The summed E-state index contributed by atoms with van der Waals surface area (Å²) in [7, 11) is 0. The second-order valence-corrected chi connectivity index (χ2v) is 6.86. The van der Waals surface area contributed by atoms with E-state index >= 15 is 0 Å². The average molecular weight is 367 g/mol. The van der Waals surface area contributed by atoms with Gasteiger partial charge < -0.3 is 16.0 Å². The summed E-state index contributed by atoms with van der Waals surface area (Å²) in [5.41, 5.74) is 2.94. The van der Waals surface area contributed by atoms with Crippen molar-refractivity contribution in [3.05, 3.63) is 65.7 Å². The van der Waals surface area contributed by atoms with Crippen LogP contribution in [0.3, 0.4) is 0 Å². The molecular weight excluding hydrogens is 338 g/mol. The van der Waals surface area contributed by atoms with Gasteiger partial charge in [0.1, 0.15) is 6.04 Å². The minimum absolute atomic E-state index is 0.0324. The molecule has 2 rings (SSSR count). The Morgan fingerprint density at radius 1 is 1.04 bits per heavy atom. The summed E-state index contributed by atoms with van der Waals surface area (Å²) in [6, 6.07) is 16.6. The Labute approximate surface area is 161 Å². The summed E-state index contributed by atoms with van der Waals surface area (Å²) in [4.78, 5) is 25.0. The number of aryl methyl sites for hydroxylation is 1. The maximum absolute atomic E-state index is 12.6. The third-order valence-electron chi connectivity index (χ3n) is 4.61. The molecule has 0 saturated carbocycles. The monoisotopic (exact) mass is 367 g/mol. The molecule has 2 unspecified atom stereocenters. The predicted molar refractivity (Wildman–Crippen MR) is 110 cm³/mol. The minimum Gasteiger partial charge on any atom is -0.354 e. The Hall–Kier alpha value is -2.82. The zero-order valence-electron chi connectivity index (χ0n) is 16.3. The lowest BCUT2D eigenvalue weighted by atomic mass is 9.98. The molecule has 5 nitrogen and oxygen atoms in total. The molecule has 0 heterocycles. The number of urea groups is 1. The minimum atomic E-state index is -0.574. The van der Waals surface area contributed by atoms with Crippen LogP contribution in [0.25, 0.3) is 0 Å². The summed E-state index contributed by atoms with van der Waals surface area (Å²) in [5, 5.41) is 8.56. The second-order valence-electron chi connectivity index (χ2n) is 6.86. The summed E-state index contributed by atoms with van der Waals surface area (Å²) in [6.45, 7) is 6.48. The highest BCUT2D eigenvalue weighted by Gasteiger charge is 2.25. The zero-order valence-corrected chi connectivity index (χ0v) is 16.3. The van der Waals surface area contributed by atoms with Crippen molar-refractivity contribution in [1.82, 2.24) is 10.6 Å². The van der Waals surface area contributed by atoms with Crippen molar-refractivity contribution >= 4 is 17.6 Å². The number of hydrogen-bond donors (Lipinski definition) is 3. The quantitative estimate of drug-likeness (QED) is 0.662. The second kappa shape index (κ2) is 10.4. The molecule has 2 aromatic carbocycles. The zero-order chi connectivity index (χ0) is 19.6. The predicted octanol–water partition coefficient (Wildman–Crippen LogP) is 3.89. The topological polar surface area (TPSA) is 70.2 Å². The van der Waals surface area contributed by atoms with Gasteiger partial charge in [-0.05, 0) is 42.5 Å². The van der Waals surface area contributed by atoms with Crippen LogP contribution >= 0.6 is 0 Å². The average Bonchev–Trinajstić information content (AvgIpc) is 2.66. The van der Waals surface area contributed by atoms with Crippen molar-refractivity contribution in [2.24, 2.45) is 5.92 Å². The van der Waals surface area contributed by atoms with E-state index in [-0.39, 0.29) is 17.9 Å². The van der Waals surface area contributed by atoms with Gasteiger partial charge in [-0.1, -0.05) is 62.7 Å². The van der Waals surface area contributed by atoms with Crippen molar-refractivity contribution in [3.63, 3.8) is 0 Å². The van der Waals surface area contributed by atoms with Gasteiger partial charge >= 0.3 is 6.03 Å². The summed E-state index contributed by atoms with van der Waals surface area (Å²) < 4.78 is 0. The highest BCUT2D eigenvalue weighted by atomic mass is 16.2. The SMILES string of the molecule is CCC(C)C(NC(=O)Nc1cccc(C)c1)C(=O)NCCc1ccccc1. The van der Waals surface area contributed by atoms with Crippen LogP contribution in [0.4, 0.5) is 10.5 Å². The smallest absolute Gasteiger partial charge is 0.319 e. The molecule has 2 atom stereocenters. The van der Waals surface area contributed by atoms with E-state index in [1.807, 2.05) is 75.4 Å². The third-order valence-corrected chi connectivity index (χ3v) is 4.61. The Morgan fingerprint density at radius 2 is 1.78 bits per heavy atom. The van der Waals surface area contributed by atoms with Crippen LogP contribution in [0.2, 0.25) is 0 Å². The van der Waals surface area contributed by atoms with Crippen molar-refractivity contribution in [2.45, 2.75) is 39.7 Å². The lowest BCUT2D eigenvalue weighted by molar-refractivity contribution is -0.124. The molecule has 3 N–H and O–H groups in total. The van der Waals surface area contributed by atoms with Gasteiger partial charge in [-0.2, -0.15) is 0 Å². The van der Waals surface area contributed by atoms with Crippen molar-refractivity contribution < 1.29 is 9.59 Å². The number of amides is 3. The van der Waals surface area contributed by atoms with Gasteiger partial charge in [-0.15, -0.1) is 0 Å². The first-order valence-electron chi connectivity index (χ1n) is 9.45. The third kappa shape index (κ3) is 6.77. The van der Waals surface area contributed by atoms with E-state index in [2.05, 4.69) is 16.0 Å². The molecule has 0 fully saturated rings. The normalized spacial score (nSPS) is 12.7. The maximum atomic E-state index is 12.6. The van der Waals surface area contributed by atoms with Crippen molar-refractivity contribution in [1.29, 1.82) is 0 Å². The first-order valence-corrected chi connectivity index (χ1v) is 9.45. The molecule has 0 aliphatic heterocycles. The Balaban J connectivity index is 1.91. The maximum Gasteiger partial charge on any atom is 0.319 e. The van der Waals surface area contributed by atoms with Gasteiger partial charge in [0.25, 0.3) is 0 Å². The molecule has 2 aromatic rings. The molecule has 27 heavy (non-hydrogen) atoms. The molecule has 0 saturated heterocycles. The number of nitrogens with one attached hydrogen (secondary N) is 3. The van der Waals surface area contributed by atoms with E-state index in [1.54, 1.807) is 0 Å². The van der Waals surface area contributed by atoms with Crippen LogP contribution in [-0.2, 0) is 11.2 Å². The fraction of sp³-hybridized carbons (Fsp3) is 0.364. The van der Waals surface area contributed by atoms with E-state index < -0.39 is 6.04 Å². The van der Waals surface area contributed by atoms with Crippen molar-refractivity contribution in [2.75, 3.05) is 11.9 Å². The molecule has 3 amide bonds. The van der Waals surface area contributed by atoms with E-state index in [4.69, 9.17) is 0 Å². The molecule has 0 spiro atoms. The first kappa shape index (κ1) is 20.5. The number of benzene rings is 2. The van der Waals surface area contributed by atoms with Crippen LogP contribution in [0.15, 0.2) is 54.6 Å². The Bertz CT molecular complexity index is 746. The number of carbonyl (C=O) groups excluding carboxylic acids is 2. The fourth-order valence-electron chi connectivity index (χ4n) is 2.82. The van der Waals surface area contributed by atoms with Crippen LogP contribution in [0.1, 0.15) is 31.4 Å². The van der Waals surface area contributed by atoms with Crippen molar-refractivity contribution in [3.8, 4) is 0 Å². The number of anilines is 1. The van der Waals surface area contributed by atoms with Crippen LogP contribution < -0.4 is 16.0 Å². The van der Waals surface area contributed by atoms with E-state index in [9.17, 15) is 9.59 Å². The summed E-state index contributed by atoms with van der Waals surface area (Å²) in [5.74, 6) is -0.121. The molecule has 0 radical (unpaired) electrons. The lowest BCUT2D eigenvalue weighted by Gasteiger charge is -2.23.